The molecule has 0 aliphatic carbocycles. The maximum atomic E-state index is 11.2. The molecule has 0 aliphatic heterocycles. The smallest absolute Gasteiger partial charge is 0.287 e. The summed E-state index contributed by atoms with van der Waals surface area (Å²) in [5.41, 5.74) is 0. The molecule has 0 unspecified atom stereocenters. The molecule has 0 saturated heterocycles. The van der Waals surface area contributed by atoms with E-state index in [-0.39, 0.29) is 17.4 Å². The highest BCUT2D eigenvalue weighted by atomic mass is 16.4. The Morgan fingerprint density at radius 3 is 2.77 bits per heavy atom. The van der Waals surface area contributed by atoms with E-state index in [9.17, 15) is 9.90 Å². The number of furan rings is 1. The van der Waals surface area contributed by atoms with Crippen molar-refractivity contribution in [3.05, 3.63) is 18.1 Å². The molecule has 0 bridgehead atoms. The minimum atomic E-state index is -0.337. The Morgan fingerprint density at radius 2 is 2.31 bits per heavy atom. The number of rotatable bonds is 3. The number of carbonyl (C=O) groups is 1. The lowest BCUT2D eigenvalue weighted by Gasteiger charge is -2.04. The average Bonchev–Trinajstić information content (AvgIpc) is 2.47. The van der Waals surface area contributed by atoms with E-state index < -0.39 is 0 Å². The zero-order valence-electron chi connectivity index (χ0n) is 7.66. The van der Waals surface area contributed by atoms with Crippen LogP contribution in [0.25, 0.3) is 0 Å². The second-order valence-corrected chi connectivity index (χ2v) is 3.25. The van der Waals surface area contributed by atoms with Crippen LogP contribution in [0.4, 0.5) is 0 Å². The van der Waals surface area contributed by atoms with Crippen molar-refractivity contribution in [2.24, 2.45) is 5.92 Å². The standard InChI is InChI=1S/C9H12NO3/c1-6(2)4-10-9(12)8-3-7(11)5-13-8/h3,5-6H,4H2,1-2H3,(H,10,12). The molecule has 1 heterocycles. The molecule has 0 atom stereocenters. The summed E-state index contributed by atoms with van der Waals surface area (Å²) in [5, 5.41) is 13.3. The fourth-order valence-corrected chi connectivity index (χ4v) is 0.822. The predicted octanol–water partition coefficient (Wildman–Crippen LogP) is 1.81. The molecule has 71 valence electrons. The summed E-state index contributed by atoms with van der Waals surface area (Å²) in [4.78, 5) is 11.2. The van der Waals surface area contributed by atoms with E-state index >= 15 is 0 Å². The summed E-state index contributed by atoms with van der Waals surface area (Å²) in [7, 11) is 0. The van der Waals surface area contributed by atoms with Crippen molar-refractivity contribution >= 4 is 5.91 Å². The van der Waals surface area contributed by atoms with E-state index in [1.165, 1.54) is 6.07 Å². The minimum absolute atomic E-state index is 0.0747. The first-order valence-corrected chi connectivity index (χ1v) is 4.13. The van der Waals surface area contributed by atoms with Gasteiger partial charge in [0.25, 0.3) is 5.91 Å². The molecule has 4 nitrogen and oxygen atoms in total. The van der Waals surface area contributed by atoms with E-state index in [1.807, 2.05) is 13.8 Å². The highest BCUT2D eigenvalue weighted by Gasteiger charge is 2.11. The molecular weight excluding hydrogens is 170 g/mol. The first-order valence-electron chi connectivity index (χ1n) is 4.13. The fourth-order valence-electron chi connectivity index (χ4n) is 0.822. The van der Waals surface area contributed by atoms with Crippen molar-refractivity contribution in [2.45, 2.75) is 13.8 Å². The van der Waals surface area contributed by atoms with Gasteiger partial charge in [-0.25, -0.2) is 0 Å². The van der Waals surface area contributed by atoms with Gasteiger partial charge in [-0.05, 0) is 5.92 Å². The maximum absolute atomic E-state index is 11.2. The van der Waals surface area contributed by atoms with Crippen LogP contribution in [-0.4, -0.2) is 12.5 Å². The molecule has 1 aromatic heterocycles. The molecule has 0 spiro atoms. The molecule has 1 rings (SSSR count). The van der Waals surface area contributed by atoms with Gasteiger partial charge in [-0.1, -0.05) is 13.8 Å². The number of carbonyl (C=O) groups excluding carboxylic acids is 1. The molecule has 4 heteroatoms. The van der Waals surface area contributed by atoms with Crippen molar-refractivity contribution in [3.8, 4) is 5.75 Å². The van der Waals surface area contributed by atoms with E-state index in [0.717, 1.165) is 6.26 Å². The Bertz CT molecular complexity index is 291. The van der Waals surface area contributed by atoms with Gasteiger partial charge in [0.05, 0.1) is 0 Å². The molecule has 1 amide bonds. The summed E-state index contributed by atoms with van der Waals surface area (Å²) >= 11 is 0. The minimum Gasteiger partial charge on any atom is -0.455 e. The van der Waals surface area contributed by atoms with E-state index in [2.05, 4.69) is 5.32 Å². The maximum Gasteiger partial charge on any atom is 0.287 e. The Kier molecular flexibility index (Phi) is 2.95. The molecule has 1 aromatic rings. The van der Waals surface area contributed by atoms with Gasteiger partial charge in [0.15, 0.2) is 5.76 Å². The topological polar surface area (TPSA) is 62.1 Å². The molecule has 0 fully saturated rings. The van der Waals surface area contributed by atoms with Crippen LogP contribution < -0.4 is 5.32 Å². The van der Waals surface area contributed by atoms with Gasteiger partial charge < -0.3 is 9.73 Å². The SMILES string of the molecule is CC(C)CNC(=O)c1cc([O])co1. The number of nitrogens with one attached hydrogen (secondary N) is 1. The van der Waals surface area contributed by atoms with Gasteiger partial charge in [0, 0.05) is 12.6 Å². The second-order valence-electron chi connectivity index (χ2n) is 3.25. The third kappa shape index (κ3) is 2.82. The summed E-state index contributed by atoms with van der Waals surface area (Å²) in [6, 6.07) is 1.18. The largest absolute Gasteiger partial charge is 0.455 e. The average molecular weight is 182 g/mol. The van der Waals surface area contributed by atoms with E-state index in [4.69, 9.17) is 4.42 Å². The molecule has 1 radical (unpaired) electrons. The fraction of sp³-hybridized carbons (Fsp3) is 0.444. The Hall–Kier alpha value is -1.45. The first kappa shape index (κ1) is 9.64. The normalized spacial score (nSPS) is 10.4. The van der Waals surface area contributed by atoms with Gasteiger partial charge in [-0.2, -0.15) is 0 Å². The third-order valence-electron chi connectivity index (χ3n) is 1.47. The van der Waals surface area contributed by atoms with Crippen LogP contribution in [0.15, 0.2) is 16.7 Å². The Morgan fingerprint density at radius 1 is 1.62 bits per heavy atom. The van der Waals surface area contributed by atoms with Crippen LogP contribution in [0.3, 0.4) is 0 Å². The second kappa shape index (κ2) is 3.98. The van der Waals surface area contributed by atoms with Crippen LogP contribution in [-0.2, 0) is 5.11 Å². The predicted molar refractivity (Wildman–Crippen MR) is 46.0 cm³/mol. The van der Waals surface area contributed by atoms with Gasteiger partial charge >= 0.3 is 0 Å². The summed E-state index contributed by atoms with van der Waals surface area (Å²) in [6.07, 6.45) is 1.02. The number of hydrogen-bond acceptors (Lipinski definition) is 2. The Labute approximate surface area is 76.6 Å². The molecule has 1 N–H and O–H groups in total. The Balaban J connectivity index is 2.49. The molecule has 0 saturated carbocycles. The monoisotopic (exact) mass is 182 g/mol. The van der Waals surface area contributed by atoms with Crippen LogP contribution in [0.1, 0.15) is 24.4 Å². The highest BCUT2D eigenvalue weighted by Crippen LogP contribution is 2.13. The summed E-state index contributed by atoms with van der Waals surface area (Å²) < 4.78 is 4.73. The van der Waals surface area contributed by atoms with E-state index in [0.29, 0.717) is 12.5 Å². The zero-order valence-corrected chi connectivity index (χ0v) is 7.66. The van der Waals surface area contributed by atoms with Crippen LogP contribution in [0, 0.1) is 5.92 Å². The quantitative estimate of drug-likeness (QED) is 0.774. The molecule has 13 heavy (non-hydrogen) atoms. The lowest BCUT2D eigenvalue weighted by atomic mass is 10.2. The first-order chi connectivity index (χ1) is 6.09. The highest BCUT2D eigenvalue weighted by molar-refractivity contribution is 5.91. The third-order valence-corrected chi connectivity index (χ3v) is 1.47. The van der Waals surface area contributed by atoms with Crippen molar-refractivity contribution in [2.75, 3.05) is 6.54 Å². The van der Waals surface area contributed by atoms with Gasteiger partial charge in [-0.3, -0.25) is 9.90 Å². The van der Waals surface area contributed by atoms with E-state index in [1.54, 1.807) is 0 Å². The molecular formula is C9H12NO3. The molecule has 0 aliphatic rings. The van der Waals surface area contributed by atoms with Crippen molar-refractivity contribution in [1.82, 2.24) is 5.32 Å². The van der Waals surface area contributed by atoms with Crippen molar-refractivity contribution in [1.29, 1.82) is 0 Å². The summed E-state index contributed by atoms with van der Waals surface area (Å²) in [5.74, 6) is -0.165. The summed E-state index contributed by atoms with van der Waals surface area (Å²) in [6.45, 7) is 4.55. The van der Waals surface area contributed by atoms with Gasteiger partial charge in [-0.15, -0.1) is 0 Å². The number of hydrogen-bond donors (Lipinski definition) is 1. The molecule has 0 aromatic carbocycles. The van der Waals surface area contributed by atoms with Crippen molar-refractivity contribution in [3.63, 3.8) is 0 Å². The van der Waals surface area contributed by atoms with Gasteiger partial charge in [0.1, 0.15) is 6.26 Å². The zero-order chi connectivity index (χ0) is 9.84. The number of amides is 1. The lowest BCUT2D eigenvalue weighted by Crippen LogP contribution is -2.26. The van der Waals surface area contributed by atoms with Crippen LogP contribution in [0.5, 0.6) is 5.75 Å². The van der Waals surface area contributed by atoms with Crippen molar-refractivity contribution < 1.29 is 14.3 Å². The van der Waals surface area contributed by atoms with Crippen LogP contribution >= 0.6 is 0 Å². The van der Waals surface area contributed by atoms with Gasteiger partial charge in [0.2, 0.25) is 5.75 Å². The lowest BCUT2D eigenvalue weighted by molar-refractivity contribution is 0.0921. The van der Waals surface area contributed by atoms with Crippen LogP contribution in [0.2, 0.25) is 0 Å².